The average Bonchev–Trinajstić information content (AvgIpc) is 3.27. The summed E-state index contributed by atoms with van der Waals surface area (Å²) in [6.07, 6.45) is 0. The lowest BCUT2D eigenvalue weighted by molar-refractivity contribution is 0.0971. The lowest BCUT2D eigenvalue weighted by atomic mass is 9.92. The predicted molar refractivity (Wildman–Crippen MR) is 115 cm³/mol. The van der Waals surface area contributed by atoms with Crippen molar-refractivity contribution < 1.29 is 13.2 Å². The molecule has 0 aliphatic heterocycles. The zero-order chi connectivity index (χ0) is 21.4. The van der Waals surface area contributed by atoms with Gasteiger partial charge in [0.15, 0.2) is 0 Å². The van der Waals surface area contributed by atoms with Crippen LogP contribution in [-0.4, -0.2) is 24.1 Å². The molecule has 0 saturated carbocycles. The highest BCUT2D eigenvalue weighted by atomic mass is 32.2. The third kappa shape index (κ3) is 4.59. The SMILES string of the molecule is Cc1cccc(C)c1Cn1nc(C(C)(C)C)cc1C(=O)NS(=O)(=O)c1cccs1. The van der Waals surface area contributed by atoms with Crippen LogP contribution in [0.4, 0.5) is 0 Å². The molecule has 8 heteroatoms. The molecule has 1 N–H and O–H groups in total. The van der Waals surface area contributed by atoms with E-state index in [1.165, 1.54) is 6.07 Å². The Morgan fingerprint density at radius 3 is 2.34 bits per heavy atom. The number of aryl methyl sites for hydroxylation is 2. The standard InChI is InChI=1S/C21H25N3O3S2/c1-14-8-6-9-15(2)16(14)13-24-17(12-18(22-24)21(3,4)5)20(25)23-29(26,27)19-10-7-11-28-19/h6-12H,13H2,1-5H3,(H,23,25). The first kappa shape index (κ1) is 21.3. The second-order valence-corrected chi connectivity index (χ2v) is 10.9. The Hall–Kier alpha value is -2.45. The summed E-state index contributed by atoms with van der Waals surface area (Å²) < 4.78 is 28.9. The van der Waals surface area contributed by atoms with Crippen LogP contribution in [0.5, 0.6) is 0 Å². The van der Waals surface area contributed by atoms with Crippen LogP contribution in [-0.2, 0) is 22.0 Å². The van der Waals surface area contributed by atoms with E-state index in [2.05, 4.69) is 9.82 Å². The van der Waals surface area contributed by atoms with Crippen LogP contribution in [0, 0.1) is 13.8 Å². The highest BCUT2D eigenvalue weighted by Gasteiger charge is 2.26. The lowest BCUT2D eigenvalue weighted by Crippen LogP contribution is -2.32. The Labute approximate surface area is 175 Å². The maximum absolute atomic E-state index is 12.9. The number of nitrogens with zero attached hydrogens (tertiary/aromatic N) is 2. The summed E-state index contributed by atoms with van der Waals surface area (Å²) in [5, 5.41) is 6.29. The Morgan fingerprint density at radius 2 is 1.79 bits per heavy atom. The molecule has 0 radical (unpaired) electrons. The molecule has 0 atom stereocenters. The van der Waals surface area contributed by atoms with Crippen LogP contribution in [0.15, 0.2) is 46.0 Å². The second-order valence-electron chi connectivity index (χ2n) is 8.06. The van der Waals surface area contributed by atoms with Crippen molar-refractivity contribution >= 4 is 27.3 Å². The monoisotopic (exact) mass is 431 g/mol. The number of carbonyl (C=O) groups is 1. The van der Waals surface area contributed by atoms with Crippen molar-refractivity contribution in [1.82, 2.24) is 14.5 Å². The zero-order valence-corrected chi connectivity index (χ0v) is 18.8. The Kier molecular flexibility index (Phi) is 5.69. The Balaban J connectivity index is 2.01. The summed E-state index contributed by atoms with van der Waals surface area (Å²) in [7, 11) is -3.92. The van der Waals surface area contributed by atoms with Gasteiger partial charge in [-0.1, -0.05) is 45.0 Å². The predicted octanol–water partition coefficient (Wildman–Crippen LogP) is 4.03. The summed E-state index contributed by atoms with van der Waals surface area (Å²) in [4.78, 5) is 12.9. The molecular formula is C21H25N3O3S2. The van der Waals surface area contributed by atoms with E-state index in [1.807, 2.05) is 52.8 Å². The fraction of sp³-hybridized carbons (Fsp3) is 0.333. The molecule has 0 unspecified atom stereocenters. The normalized spacial score (nSPS) is 12.2. The number of hydrogen-bond donors (Lipinski definition) is 1. The summed E-state index contributed by atoms with van der Waals surface area (Å²) in [6.45, 7) is 10.4. The topological polar surface area (TPSA) is 81.1 Å². The number of aromatic nitrogens is 2. The molecule has 0 spiro atoms. The molecule has 0 bridgehead atoms. The van der Waals surface area contributed by atoms with Crippen molar-refractivity contribution in [3.8, 4) is 0 Å². The molecule has 0 saturated heterocycles. The summed E-state index contributed by atoms with van der Waals surface area (Å²) in [5.41, 5.74) is 3.91. The van der Waals surface area contributed by atoms with Gasteiger partial charge in [0.1, 0.15) is 9.90 Å². The van der Waals surface area contributed by atoms with Gasteiger partial charge in [0.05, 0.1) is 12.2 Å². The average molecular weight is 432 g/mol. The van der Waals surface area contributed by atoms with E-state index in [9.17, 15) is 13.2 Å². The van der Waals surface area contributed by atoms with E-state index in [-0.39, 0.29) is 15.3 Å². The van der Waals surface area contributed by atoms with Crippen molar-refractivity contribution in [3.05, 3.63) is 69.9 Å². The minimum absolute atomic E-state index is 0.0997. The van der Waals surface area contributed by atoms with Crippen molar-refractivity contribution in [2.45, 2.75) is 50.8 Å². The molecule has 1 aromatic carbocycles. The van der Waals surface area contributed by atoms with Gasteiger partial charge in [-0.25, -0.2) is 13.1 Å². The van der Waals surface area contributed by atoms with Gasteiger partial charge in [0.25, 0.3) is 15.9 Å². The molecule has 6 nitrogen and oxygen atoms in total. The smallest absolute Gasteiger partial charge is 0.266 e. The molecule has 3 rings (SSSR count). The van der Waals surface area contributed by atoms with Gasteiger partial charge in [0, 0.05) is 5.41 Å². The Morgan fingerprint density at radius 1 is 1.14 bits per heavy atom. The van der Waals surface area contributed by atoms with Gasteiger partial charge >= 0.3 is 0 Å². The van der Waals surface area contributed by atoms with Crippen LogP contribution < -0.4 is 4.72 Å². The first-order valence-corrected chi connectivity index (χ1v) is 11.6. The number of carbonyl (C=O) groups excluding carboxylic acids is 1. The zero-order valence-electron chi connectivity index (χ0n) is 17.2. The van der Waals surface area contributed by atoms with Gasteiger partial charge in [-0.3, -0.25) is 9.48 Å². The Bertz CT molecular complexity index is 1120. The molecular weight excluding hydrogens is 406 g/mol. The highest BCUT2D eigenvalue weighted by molar-refractivity contribution is 7.92. The summed E-state index contributed by atoms with van der Waals surface area (Å²) in [5.74, 6) is -0.687. The quantitative estimate of drug-likeness (QED) is 0.661. The second kappa shape index (κ2) is 7.76. The first-order valence-electron chi connectivity index (χ1n) is 9.23. The van der Waals surface area contributed by atoms with Crippen molar-refractivity contribution in [1.29, 1.82) is 0 Å². The first-order chi connectivity index (χ1) is 13.5. The van der Waals surface area contributed by atoms with E-state index in [0.717, 1.165) is 33.7 Å². The molecule has 0 fully saturated rings. The van der Waals surface area contributed by atoms with Crippen LogP contribution >= 0.6 is 11.3 Å². The summed E-state index contributed by atoms with van der Waals surface area (Å²) in [6, 6.07) is 10.8. The van der Waals surface area contributed by atoms with Gasteiger partial charge < -0.3 is 0 Å². The van der Waals surface area contributed by atoms with E-state index in [0.29, 0.717) is 6.54 Å². The van der Waals surface area contributed by atoms with Crippen molar-refractivity contribution in [2.24, 2.45) is 0 Å². The number of nitrogens with one attached hydrogen (secondary N) is 1. The van der Waals surface area contributed by atoms with Crippen LogP contribution in [0.25, 0.3) is 0 Å². The molecule has 0 aliphatic rings. The number of thiophene rings is 1. The number of sulfonamides is 1. The largest absolute Gasteiger partial charge is 0.283 e. The molecule has 0 aliphatic carbocycles. The van der Waals surface area contributed by atoms with Gasteiger partial charge in [-0.15, -0.1) is 11.3 Å². The van der Waals surface area contributed by atoms with E-state index in [4.69, 9.17) is 0 Å². The van der Waals surface area contributed by atoms with Crippen LogP contribution in [0.1, 0.15) is 53.6 Å². The number of amides is 1. The van der Waals surface area contributed by atoms with Crippen molar-refractivity contribution in [2.75, 3.05) is 0 Å². The highest BCUT2D eigenvalue weighted by Crippen LogP contribution is 2.24. The van der Waals surface area contributed by atoms with E-state index < -0.39 is 15.9 Å². The van der Waals surface area contributed by atoms with Crippen LogP contribution in [0.2, 0.25) is 0 Å². The van der Waals surface area contributed by atoms with Gasteiger partial charge in [-0.2, -0.15) is 5.10 Å². The van der Waals surface area contributed by atoms with E-state index in [1.54, 1.807) is 22.2 Å². The van der Waals surface area contributed by atoms with E-state index >= 15 is 0 Å². The lowest BCUT2D eigenvalue weighted by Gasteiger charge is -2.15. The molecule has 29 heavy (non-hydrogen) atoms. The minimum Gasteiger partial charge on any atom is -0.266 e. The van der Waals surface area contributed by atoms with Gasteiger partial charge in [-0.05, 0) is 48.1 Å². The molecule has 2 heterocycles. The minimum atomic E-state index is -3.92. The van der Waals surface area contributed by atoms with Crippen LogP contribution in [0.3, 0.4) is 0 Å². The maximum atomic E-state index is 12.9. The third-order valence-corrected chi connectivity index (χ3v) is 7.45. The van der Waals surface area contributed by atoms with Gasteiger partial charge in [0.2, 0.25) is 0 Å². The third-order valence-electron chi connectivity index (χ3n) is 4.72. The number of rotatable bonds is 5. The fourth-order valence-electron chi connectivity index (χ4n) is 2.98. The fourth-order valence-corrected chi connectivity index (χ4v) is 4.93. The molecule has 3 aromatic rings. The number of hydrogen-bond acceptors (Lipinski definition) is 5. The molecule has 1 amide bonds. The summed E-state index contributed by atoms with van der Waals surface area (Å²) >= 11 is 1.06. The van der Waals surface area contributed by atoms with Crippen molar-refractivity contribution in [3.63, 3.8) is 0 Å². The molecule has 154 valence electrons. The number of benzene rings is 1. The maximum Gasteiger partial charge on any atom is 0.283 e. The molecule has 2 aromatic heterocycles.